The number of hydrogen-bond donors (Lipinski definition) is 2. The Morgan fingerprint density at radius 3 is 2.62 bits per heavy atom. The molecule has 276 valence electrons. The van der Waals surface area contributed by atoms with Gasteiger partial charge in [-0.3, -0.25) is 19.4 Å². The van der Waals surface area contributed by atoms with Crippen molar-refractivity contribution in [1.82, 2.24) is 24.4 Å². The fraction of sp³-hybridized carbons (Fsp3) is 0.439. The number of hydrogen-bond acceptors (Lipinski definition) is 9. The number of rotatable bonds is 8. The van der Waals surface area contributed by atoms with Gasteiger partial charge in [0.1, 0.15) is 11.5 Å². The molecule has 2 fully saturated rings. The molecular formula is C41H49N9O3. The van der Waals surface area contributed by atoms with Crippen molar-refractivity contribution < 1.29 is 14.3 Å². The summed E-state index contributed by atoms with van der Waals surface area (Å²) in [6.07, 6.45) is 8.90. The summed E-state index contributed by atoms with van der Waals surface area (Å²) < 4.78 is 7.82. The minimum Gasteiger partial charge on any atom is -0.381 e. The molecule has 8 rings (SSSR count). The second kappa shape index (κ2) is 14.1. The third kappa shape index (κ3) is 6.81. The molecular weight excluding hydrogens is 667 g/mol. The zero-order valence-electron chi connectivity index (χ0n) is 31.2. The van der Waals surface area contributed by atoms with E-state index in [0.29, 0.717) is 35.7 Å². The number of nitrogens with one attached hydrogen (secondary N) is 2. The van der Waals surface area contributed by atoms with Crippen molar-refractivity contribution in [2.45, 2.75) is 72.0 Å². The molecule has 12 heteroatoms. The smallest absolute Gasteiger partial charge is 0.276 e. The van der Waals surface area contributed by atoms with Crippen LogP contribution in [0, 0.1) is 12.3 Å². The first-order valence-electron chi connectivity index (χ1n) is 18.8. The molecule has 2 amide bonds. The number of fused-ring (bicyclic) bond motifs is 3. The number of aromatic nitrogens is 4. The van der Waals surface area contributed by atoms with Crippen molar-refractivity contribution >= 4 is 40.6 Å². The minimum atomic E-state index is -0.271. The van der Waals surface area contributed by atoms with Crippen molar-refractivity contribution in [2.75, 3.05) is 59.8 Å². The van der Waals surface area contributed by atoms with E-state index in [9.17, 15) is 9.59 Å². The van der Waals surface area contributed by atoms with E-state index in [4.69, 9.17) is 14.7 Å². The average molecular weight is 716 g/mol. The monoisotopic (exact) mass is 715 g/mol. The second-order valence-corrected chi connectivity index (χ2v) is 15.6. The molecule has 2 N–H and O–H groups in total. The number of anilines is 5. The Kier molecular flexibility index (Phi) is 9.28. The SMILES string of the molecule is C=CC(=O)Nc1cc(Nc2nccc(-c3ccnc(N4CCn5c(cc6c5CC(C)(C)C6)C4=O)c3C)n2)ccc1N1CCN(C2CCOCC2)C[C@@H]1C. The average Bonchev–Trinajstić information content (AvgIpc) is 3.65. The Morgan fingerprint density at radius 1 is 1.02 bits per heavy atom. The minimum absolute atomic E-state index is 0.0142. The second-order valence-electron chi connectivity index (χ2n) is 15.6. The van der Waals surface area contributed by atoms with E-state index in [1.807, 2.05) is 37.3 Å². The quantitative estimate of drug-likeness (QED) is 0.212. The number of ether oxygens (including phenoxy) is 1. The van der Waals surface area contributed by atoms with E-state index in [-0.39, 0.29) is 23.3 Å². The van der Waals surface area contributed by atoms with E-state index in [0.717, 1.165) is 93.3 Å². The zero-order chi connectivity index (χ0) is 36.9. The largest absolute Gasteiger partial charge is 0.381 e. The predicted octanol–water partition coefficient (Wildman–Crippen LogP) is 5.99. The molecule has 0 saturated carbocycles. The highest BCUT2D eigenvalue weighted by Crippen LogP contribution is 2.40. The van der Waals surface area contributed by atoms with Crippen LogP contribution in [-0.4, -0.2) is 87.7 Å². The molecule has 4 aliphatic rings. The van der Waals surface area contributed by atoms with Crippen LogP contribution in [0.25, 0.3) is 11.3 Å². The van der Waals surface area contributed by atoms with Gasteiger partial charge < -0.3 is 24.8 Å². The van der Waals surface area contributed by atoms with Gasteiger partial charge in [-0.2, -0.15) is 0 Å². The van der Waals surface area contributed by atoms with Gasteiger partial charge in [-0.1, -0.05) is 20.4 Å². The van der Waals surface area contributed by atoms with Gasteiger partial charge in [-0.05, 0) is 93.0 Å². The van der Waals surface area contributed by atoms with Crippen LogP contribution < -0.4 is 20.4 Å². The molecule has 0 unspecified atom stereocenters. The summed E-state index contributed by atoms with van der Waals surface area (Å²) in [7, 11) is 0. The Balaban J connectivity index is 1.01. The van der Waals surface area contributed by atoms with E-state index in [2.05, 4.69) is 63.4 Å². The van der Waals surface area contributed by atoms with E-state index >= 15 is 0 Å². The van der Waals surface area contributed by atoms with Gasteiger partial charge in [0.15, 0.2) is 0 Å². The molecule has 1 aromatic carbocycles. The Morgan fingerprint density at radius 2 is 1.83 bits per heavy atom. The Hall–Kier alpha value is -5.07. The van der Waals surface area contributed by atoms with Crippen LogP contribution in [-0.2, 0) is 28.9 Å². The van der Waals surface area contributed by atoms with Crippen molar-refractivity contribution in [3.8, 4) is 11.3 Å². The van der Waals surface area contributed by atoms with E-state index in [1.165, 1.54) is 17.3 Å². The molecule has 53 heavy (non-hydrogen) atoms. The fourth-order valence-electron chi connectivity index (χ4n) is 8.76. The molecule has 1 aliphatic carbocycles. The first kappa shape index (κ1) is 35.0. The van der Waals surface area contributed by atoms with Gasteiger partial charge in [0.25, 0.3) is 5.91 Å². The number of piperazine rings is 1. The molecule has 0 spiro atoms. The van der Waals surface area contributed by atoms with Crippen molar-refractivity contribution in [3.05, 3.63) is 84.0 Å². The number of carbonyl (C=O) groups excluding carboxylic acids is 2. The summed E-state index contributed by atoms with van der Waals surface area (Å²) in [6.45, 7) is 18.2. The maximum Gasteiger partial charge on any atom is 0.276 e. The van der Waals surface area contributed by atoms with Gasteiger partial charge in [0.2, 0.25) is 11.9 Å². The number of pyridine rings is 1. The zero-order valence-corrected chi connectivity index (χ0v) is 31.2. The first-order valence-corrected chi connectivity index (χ1v) is 18.8. The van der Waals surface area contributed by atoms with Crippen molar-refractivity contribution in [2.24, 2.45) is 5.41 Å². The number of benzene rings is 1. The van der Waals surface area contributed by atoms with Crippen LogP contribution in [0.5, 0.6) is 0 Å². The van der Waals surface area contributed by atoms with Gasteiger partial charge in [-0.25, -0.2) is 15.0 Å². The molecule has 12 nitrogen and oxygen atoms in total. The van der Waals surface area contributed by atoms with Crippen LogP contribution in [0.3, 0.4) is 0 Å². The Bertz CT molecular complexity index is 2070. The summed E-state index contributed by atoms with van der Waals surface area (Å²) >= 11 is 0. The lowest BCUT2D eigenvalue weighted by Crippen LogP contribution is -2.56. The molecule has 0 bridgehead atoms. The highest BCUT2D eigenvalue weighted by molar-refractivity contribution is 6.06. The van der Waals surface area contributed by atoms with Gasteiger partial charge in [-0.15, -0.1) is 0 Å². The van der Waals surface area contributed by atoms with Gasteiger partial charge in [0, 0.05) is 92.9 Å². The van der Waals surface area contributed by atoms with Gasteiger partial charge >= 0.3 is 0 Å². The standard InChI is InChI=1S/C41H49N9O3/c1-6-37(51)45-33-22-29(7-8-34(33)48-16-15-47(25-26(48)2)30-11-19-53-20-12-30)44-40-43-14-10-32(46-40)31-9-13-42-38(27(31)3)50-18-17-49-35(39(50)52)21-28-23-41(4,5)24-36(28)49/h6-10,13-14,21-22,26,30H,1,11-12,15-20,23-25H2,2-5H3,(H,45,51)(H,43,44,46)/t26-/m0/s1. The lowest BCUT2D eigenvalue weighted by molar-refractivity contribution is -0.111. The van der Waals surface area contributed by atoms with Crippen LogP contribution >= 0.6 is 0 Å². The highest BCUT2D eigenvalue weighted by atomic mass is 16.5. The maximum absolute atomic E-state index is 13.9. The van der Waals surface area contributed by atoms with Crippen LogP contribution in [0.1, 0.15) is 60.9 Å². The molecule has 3 aliphatic heterocycles. The number of nitrogens with zero attached hydrogens (tertiary/aromatic N) is 7. The predicted molar refractivity (Wildman–Crippen MR) is 208 cm³/mol. The Labute approximate surface area is 311 Å². The van der Waals surface area contributed by atoms with Crippen LogP contribution in [0.2, 0.25) is 0 Å². The lowest BCUT2D eigenvalue weighted by Gasteiger charge is -2.45. The molecule has 0 radical (unpaired) electrons. The number of amides is 2. The molecule has 1 atom stereocenters. The molecule has 3 aromatic heterocycles. The first-order chi connectivity index (χ1) is 25.6. The summed E-state index contributed by atoms with van der Waals surface area (Å²) in [5.41, 5.74) is 8.45. The van der Waals surface area contributed by atoms with E-state index in [1.54, 1.807) is 17.3 Å². The fourth-order valence-corrected chi connectivity index (χ4v) is 8.76. The topological polar surface area (TPSA) is 121 Å². The normalized spacial score (nSPS) is 20.2. The lowest BCUT2D eigenvalue weighted by atomic mass is 9.90. The van der Waals surface area contributed by atoms with Crippen LogP contribution in [0.4, 0.5) is 28.8 Å². The summed E-state index contributed by atoms with van der Waals surface area (Å²) in [5, 5.41) is 6.39. The van der Waals surface area contributed by atoms with Crippen LogP contribution in [0.15, 0.2) is 61.4 Å². The molecule has 4 aromatic rings. The third-order valence-electron chi connectivity index (χ3n) is 11.4. The van der Waals surface area contributed by atoms with Crippen molar-refractivity contribution in [3.63, 3.8) is 0 Å². The number of carbonyl (C=O) groups is 2. The summed E-state index contributed by atoms with van der Waals surface area (Å²) in [4.78, 5) is 47.3. The maximum atomic E-state index is 13.9. The van der Waals surface area contributed by atoms with E-state index < -0.39 is 0 Å². The molecule has 6 heterocycles. The third-order valence-corrected chi connectivity index (χ3v) is 11.4. The van der Waals surface area contributed by atoms with Gasteiger partial charge in [0.05, 0.1) is 17.1 Å². The highest BCUT2D eigenvalue weighted by Gasteiger charge is 2.37. The summed E-state index contributed by atoms with van der Waals surface area (Å²) in [6, 6.07) is 12.7. The van der Waals surface area contributed by atoms with Crippen molar-refractivity contribution in [1.29, 1.82) is 0 Å². The molecule has 2 saturated heterocycles. The summed E-state index contributed by atoms with van der Waals surface area (Å²) in [5.74, 6) is 0.776.